The van der Waals surface area contributed by atoms with Crippen LogP contribution in [0.2, 0.25) is 0 Å². The molecule has 104 valence electrons. The molecule has 0 bridgehead atoms. The molecule has 0 aliphatic carbocycles. The highest BCUT2D eigenvalue weighted by Gasteiger charge is 2.08. The van der Waals surface area contributed by atoms with Crippen molar-refractivity contribution >= 4 is 5.97 Å². The SMILES string of the molecule is Cc1ccc(-c2cc(C)nc(CCC(=O)O)n2)c(C)c1. The number of rotatable bonds is 4. The van der Waals surface area contributed by atoms with E-state index in [1.807, 2.05) is 19.1 Å². The van der Waals surface area contributed by atoms with E-state index in [4.69, 9.17) is 5.11 Å². The van der Waals surface area contributed by atoms with Gasteiger partial charge in [-0.15, -0.1) is 0 Å². The van der Waals surface area contributed by atoms with Crippen LogP contribution in [0.3, 0.4) is 0 Å². The summed E-state index contributed by atoms with van der Waals surface area (Å²) in [6.07, 6.45) is 0.407. The average molecular weight is 270 g/mol. The van der Waals surface area contributed by atoms with Crippen molar-refractivity contribution in [2.45, 2.75) is 33.6 Å². The highest BCUT2D eigenvalue weighted by Crippen LogP contribution is 2.23. The van der Waals surface area contributed by atoms with Gasteiger partial charge in [0.2, 0.25) is 0 Å². The van der Waals surface area contributed by atoms with E-state index >= 15 is 0 Å². The van der Waals surface area contributed by atoms with E-state index in [9.17, 15) is 4.79 Å². The van der Waals surface area contributed by atoms with Crippen molar-refractivity contribution in [1.29, 1.82) is 0 Å². The molecule has 1 aromatic heterocycles. The molecule has 0 spiro atoms. The van der Waals surface area contributed by atoms with Gasteiger partial charge < -0.3 is 5.11 Å². The summed E-state index contributed by atoms with van der Waals surface area (Å²) in [5.74, 6) is -0.245. The Bertz CT molecular complexity index is 651. The third kappa shape index (κ3) is 3.41. The first-order valence-corrected chi connectivity index (χ1v) is 6.59. The molecular weight excluding hydrogens is 252 g/mol. The Morgan fingerprint density at radius 3 is 2.55 bits per heavy atom. The molecule has 0 aliphatic heterocycles. The van der Waals surface area contributed by atoms with Crippen molar-refractivity contribution in [2.24, 2.45) is 0 Å². The molecule has 0 atom stereocenters. The molecule has 0 aliphatic rings. The Balaban J connectivity index is 2.38. The Labute approximate surface area is 118 Å². The van der Waals surface area contributed by atoms with Crippen LogP contribution in [-0.4, -0.2) is 21.0 Å². The predicted octanol–water partition coefficient (Wildman–Crippen LogP) is 3.09. The minimum atomic E-state index is -0.830. The number of aryl methyl sites for hydroxylation is 4. The number of aromatic nitrogens is 2. The molecule has 1 N–H and O–H groups in total. The monoisotopic (exact) mass is 270 g/mol. The molecule has 0 radical (unpaired) electrons. The molecule has 0 saturated heterocycles. The summed E-state index contributed by atoms with van der Waals surface area (Å²) < 4.78 is 0. The molecular formula is C16H18N2O2. The predicted molar refractivity (Wildman–Crippen MR) is 77.6 cm³/mol. The normalized spacial score (nSPS) is 10.6. The number of nitrogens with zero attached hydrogens (tertiary/aromatic N) is 2. The lowest BCUT2D eigenvalue weighted by Crippen LogP contribution is -2.04. The fraction of sp³-hybridized carbons (Fsp3) is 0.312. The first kappa shape index (κ1) is 14.2. The second kappa shape index (κ2) is 5.82. The van der Waals surface area contributed by atoms with Crippen LogP contribution >= 0.6 is 0 Å². The van der Waals surface area contributed by atoms with Crippen molar-refractivity contribution in [2.75, 3.05) is 0 Å². The summed E-state index contributed by atoms with van der Waals surface area (Å²) in [6.45, 7) is 6.01. The molecule has 0 amide bonds. The van der Waals surface area contributed by atoms with Gasteiger partial charge in [0.25, 0.3) is 0 Å². The standard InChI is InChI=1S/C16H18N2O2/c1-10-4-5-13(11(2)8-10)14-9-12(3)17-15(18-14)6-7-16(19)20/h4-5,8-9H,6-7H2,1-3H3,(H,19,20). The first-order chi connectivity index (χ1) is 9.45. The molecule has 2 aromatic rings. The maximum atomic E-state index is 10.6. The lowest BCUT2D eigenvalue weighted by Gasteiger charge is -2.09. The van der Waals surface area contributed by atoms with Gasteiger partial charge in [-0.3, -0.25) is 4.79 Å². The molecule has 20 heavy (non-hydrogen) atoms. The summed E-state index contributed by atoms with van der Waals surface area (Å²) in [4.78, 5) is 19.4. The van der Waals surface area contributed by atoms with E-state index in [1.54, 1.807) is 0 Å². The zero-order valence-corrected chi connectivity index (χ0v) is 12.0. The second-order valence-electron chi connectivity index (χ2n) is 5.02. The number of carbonyl (C=O) groups is 1. The van der Waals surface area contributed by atoms with E-state index in [1.165, 1.54) is 5.56 Å². The van der Waals surface area contributed by atoms with E-state index in [0.29, 0.717) is 12.2 Å². The summed E-state index contributed by atoms with van der Waals surface area (Å²) in [7, 11) is 0. The van der Waals surface area contributed by atoms with Gasteiger partial charge in [-0.25, -0.2) is 9.97 Å². The van der Waals surface area contributed by atoms with Crippen LogP contribution < -0.4 is 0 Å². The Hall–Kier alpha value is -2.23. The van der Waals surface area contributed by atoms with Gasteiger partial charge in [-0.1, -0.05) is 23.8 Å². The van der Waals surface area contributed by atoms with Gasteiger partial charge in [0.1, 0.15) is 5.82 Å². The zero-order chi connectivity index (χ0) is 14.7. The fourth-order valence-corrected chi connectivity index (χ4v) is 2.20. The van der Waals surface area contributed by atoms with Crippen LogP contribution in [0.1, 0.15) is 29.1 Å². The molecule has 0 saturated carbocycles. The Kier molecular flexibility index (Phi) is 4.13. The lowest BCUT2D eigenvalue weighted by molar-refractivity contribution is -0.137. The Morgan fingerprint density at radius 1 is 1.15 bits per heavy atom. The smallest absolute Gasteiger partial charge is 0.303 e. The molecule has 1 aromatic carbocycles. The van der Waals surface area contributed by atoms with Gasteiger partial charge in [0, 0.05) is 17.7 Å². The Morgan fingerprint density at radius 2 is 1.90 bits per heavy atom. The third-order valence-corrected chi connectivity index (χ3v) is 3.12. The van der Waals surface area contributed by atoms with Crippen molar-refractivity contribution in [1.82, 2.24) is 9.97 Å². The average Bonchev–Trinajstić information content (AvgIpc) is 2.35. The number of aliphatic carboxylic acids is 1. The largest absolute Gasteiger partial charge is 0.481 e. The lowest BCUT2D eigenvalue weighted by atomic mass is 10.0. The van der Waals surface area contributed by atoms with Crippen LogP contribution in [-0.2, 0) is 11.2 Å². The quantitative estimate of drug-likeness (QED) is 0.927. The van der Waals surface area contributed by atoms with Crippen molar-refractivity contribution in [3.05, 3.63) is 46.9 Å². The molecule has 0 unspecified atom stereocenters. The highest BCUT2D eigenvalue weighted by atomic mass is 16.4. The number of hydrogen-bond acceptors (Lipinski definition) is 3. The summed E-state index contributed by atoms with van der Waals surface area (Å²) in [6, 6.07) is 8.15. The third-order valence-electron chi connectivity index (χ3n) is 3.12. The zero-order valence-electron chi connectivity index (χ0n) is 12.0. The van der Waals surface area contributed by atoms with E-state index in [2.05, 4.69) is 35.9 Å². The minimum absolute atomic E-state index is 0.0514. The van der Waals surface area contributed by atoms with Gasteiger partial charge in [-0.2, -0.15) is 0 Å². The minimum Gasteiger partial charge on any atom is -0.481 e. The van der Waals surface area contributed by atoms with Crippen molar-refractivity contribution in [3.63, 3.8) is 0 Å². The van der Waals surface area contributed by atoms with E-state index in [0.717, 1.165) is 22.5 Å². The number of hydrogen-bond donors (Lipinski definition) is 1. The number of benzene rings is 1. The topological polar surface area (TPSA) is 63.1 Å². The first-order valence-electron chi connectivity index (χ1n) is 6.59. The number of carboxylic acid groups (broad SMARTS) is 1. The van der Waals surface area contributed by atoms with Gasteiger partial charge in [0.05, 0.1) is 12.1 Å². The van der Waals surface area contributed by atoms with Crippen LogP contribution in [0.25, 0.3) is 11.3 Å². The summed E-state index contributed by atoms with van der Waals surface area (Å²) >= 11 is 0. The summed E-state index contributed by atoms with van der Waals surface area (Å²) in [5.41, 5.74) is 5.15. The van der Waals surface area contributed by atoms with Crippen molar-refractivity contribution in [3.8, 4) is 11.3 Å². The van der Waals surface area contributed by atoms with Gasteiger partial charge in [-0.05, 0) is 32.4 Å². The maximum Gasteiger partial charge on any atom is 0.303 e. The van der Waals surface area contributed by atoms with Crippen molar-refractivity contribution < 1.29 is 9.90 Å². The van der Waals surface area contributed by atoms with E-state index < -0.39 is 5.97 Å². The van der Waals surface area contributed by atoms with Crippen LogP contribution in [0.5, 0.6) is 0 Å². The molecule has 4 heteroatoms. The molecule has 0 fully saturated rings. The van der Waals surface area contributed by atoms with Crippen LogP contribution in [0.4, 0.5) is 0 Å². The van der Waals surface area contributed by atoms with Crippen LogP contribution in [0, 0.1) is 20.8 Å². The fourth-order valence-electron chi connectivity index (χ4n) is 2.20. The van der Waals surface area contributed by atoms with Gasteiger partial charge in [0.15, 0.2) is 0 Å². The molecule has 4 nitrogen and oxygen atoms in total. The van der Waals surface area contributed by atoms with Gasteiger partial charge >= 0.3 is 5.97 Å². The molecule has 1 heterocycles. The highest BCUT2D eigenvalue weighted by molar-refractivity contribution is 5.67. The van der Waals surface area contributed by atoms with E-state index in [-0.39, 0.29) is 6.42 Å². The van der Waals surface area contributed by atoms with Crippen LogP contribution in [0.15, 0.2) is 24.3 Å². The second-order valence-corrected chi connectivity index (χ2v) is 5.02. The maximum absolute atomic E-state index is 10.6. The summed E-state index contributed by atoms with van der Waals surface area (Å²) in [5, 5.41) is 8.75. The molecule has 2 rings (SSSR count). The number of carboxylic acids is 1.